The number of aromatic nitrogens is 2. The first-order valence-corrected chi connectivity index (χ1v) is 4.71. The van der Waals surface area contributed by atoms with Gasteiger partial charge in [0.25, 0.3) is 5.56 Å². The summed E-state index contributed by atoms with van der Waals surface area (Å²) in [6.45, 7) is -0.0581. The Balaban J connectivity index is 3.11. The van der Waals surface area contributed by atoms with Crippen molar-refractivity contribution in [1.82, 2.24) is 9.55 Å². The van der Waals surface area contributed by atoms with E-state index in [2.05, 4.69) is 0 Å². The average molecular weight is 250 g/mol. The number of rotatable bonds is 4. The van der Waals surface area contributed by atoms with Gasteiger partial charge in [-0.05, 0) is 6.42 Å². The molecule has 0 aliphatic rings. The molecule has 0 bridgehead atoms. The molecule has 1 rings (SSSR count). The van der Waals surface area contributed by atoms with Crippen molar-refractivity contribution < 1.29 is 18.0 Å². The summed E-state index contributed by atoms with van der Waals surface area (Å²) in [5.41, 5.74) is -3.81. The zero-order chi connectivity index (χ0) is 13.1. The number of aldehydes is 1. The molecule has 1 aromatic heterocycles. The van der Waals surface area contributed by atoms with Crippen molar-refractivity contribution in [2.75, 3.05) is 0 Å². The van der Waals surface area contributed by atoms with Gasteiger partial charge < -0.3 is 4.79 Å². The van der Waals surface area contributed by atoms with Gasteiger partial charge >= 0.3 is 11.9 Å². The average Bonchev–Trinajstić information content (AvgIpc) is 2.19. The van der Waals surface area contributed by atoms with Crippen molar-refractivity contribution in [1.29, 1.82) is 0 Å². The van der Waals surface area contributed by atoms with Gasteiger partial charge in [0.15, 0.2) is 0 Å². The van der Waals surface area contributed by atoms with Crippen molar-refractivity contribution in [3.63, 3.8) is 0 Å². The fourth-order valence-corrected chi connectivity index (χ4v) is 1.22. The molecule has 0 atom stereocenters. The van der Waals surface area contributed by atoms with Crippen LogP contribution in [0.2, 0.25) is 0 Å². The molecule has 0 amide bonds. The summed E-state index contributed by atoms with van der Waals surface area (Å²) in [5, 5.41) is 0. The maximum absolute atomic E-state index is 12.4. The number of alkyl halides is 3. The highest BCUT2D eigenvalue weighted by Gasteiger charge is 2.34. The molecule has 0 aromatic carbocycles. The maximum atomic E-state index is 12.4. The number of carbonyl (C=O) groups is 1. The zero-order valence-electron chi connectivity index (χ0n) is 8.58. The molecule has 1 N–H and O–H groups in total. The molecule has 5 nitrogen and oxygen atoms in total. The van der Waals surface area contributed by atoms with Gasteiger partial charge in [-0.2, -0.15) is 13.2 Å². The van der Waals surface area contributed by atoms with E-state index in [9.17, 15) is 27.6 Å². The van der Waals surface area contributed by atoms with E-state index in [1.54, 1.807) is 4.98 Å². The third-order valence-corrected chi connectivity index (χ3v) is 2.04. The van der Waals surface area contributed by atoms with Gasteiger partial charge in [0, 0.05) is 19.2 Å². The number of halogens is 3. The predicted molar refractivity (Wildman–Crippen MR) is 51.6 cm³/mol. The monoisotopic (exact) mass is 250 g/mol. The van der Waals surface area contributed by atoms with Crippen LogP contribution in [0.4, 0.5) is 13.2 Å². The number of H-pyrrole nitrogens is 1. The first-order valence-electron chi connectivity index (χ1n) is 4.71. The van der Waals surface area contributed by atoms with E-state index in [1.165, 1.54) is 0 Å². The summed E-state index contributed by atoms with van der Waals surface area (Å²) < 4.78 is 37.8. The number of hydrogen-bond acceptors (Lipinski definition) is 3. The van der Waals surface area contributed by atoms with Crippen LogP contribution in [0.5, 0.6) is 0 Å². The number of unbranched alkanes of at least 4 members (excludes halogenated alkanes) is 1. The molecule has 17 heavy (non-hydrogen) atoms. The van der Waals surface area contributed by atoms with E-state index in [4.69, 9.17) is 0 Å². The third-order valence-electron chi connectivity index (χ3n) is 2.04. The van der Waals surface area contributed by atoms with Crippen molar-refractivity contribution in [2.24, 2.45) is 0 Å². The van der Waals surface area contributed by atoms with Gasteiger partial charge in [-0.1, -0.05) is 0 Å². The summed E-state index contributed by atoms with van der Waals surface area (Å²) in [7, 11) is 0. The van der Waals surface area contributed by atoms with Crippen molar-refractivity contribution in [3.8, 4) is 0 Å². The standard InChI is InChI=1S/C9H9F3N2O3/c10-9(11,12)6-5-14(3-1-2-4-15)8(17)13-7(6)16/h4-5H,1-3H2,(H,13,16,17). The number of aromatic amines is 1. The fourth-order valence-electron chi connectivity index (χ4n) is 1.22. The Kier molecular flexibility index (Phi) is 3.87. The predicted octanol–water partition coefficient (Wildman–Crippen LogP) is 0.534. The number of carbonyl (C=O) groups excluding carboxylic acids is 1. The largest absolute Gasteiger partial charge is 0.423 e. The first-order chi connectivity index (χ1) is 7.86. The number of hydrogen-bond donors (Lipinski definition) is 1. The van der Waals surface area contributed by atoms with Crippen LogP contribution in [0.1, 0.15) is 18.4 Å². The summed E-state index contributed by atoms with van der Waals surface area (Å²) >= 11 is 0. The molecular weight excluding hydrogens is 241 g/mol. The number of nitrogens with one attached hydrogen (secondary N) is 1. The van der Waals surface area contributed by atoms with E-state index < -0.39 is 23.0 Å². The SMILES string of the molecule is O=CCCCn1cc(C(F)(F)F)c(=O)[nH]c1=O. The summed E-state index contributed by atoms with van der Waals surface area (Å²) in [6, 6.07) is 0. The van der Waals surface area contributed by atoms with Crippen LogP contribution in [0.3, 0.4) is 0 Å². The zero-order valence-corrected chi connectivity index (χ0v) is 8.58. The van der Waals surface area contributed by atoms with Crippen molar-refractivity contribution in [3.05, 3.63) is 32.6 Å². The van der Waals surface area contributed by atoms with Gasteiger partial charge in [0.2, 0.25) is 0 Å². The Bertz CT molecular complexity index is 515. The number of aryl methyl sites for hydroxylation is 1. The summed E-state index contributed by atoms with van der Waals surface area (Å²) in [5.74, 6) is 0. The van der Waals surface area contributed by atoms with Crippen molar-refractivity contribution >= 4 is 6.29 Å². The highest BCUT2D eigenvalue weighted by molar-refractivity contribution is 5.48. The molecule has 1 heterocycles. The van der Waals surface area contributed by atoms with E-state index in [0.29, 0.717) is 12.5 Å². The number of nitrogens with zero attached hydrogens (tertiary/aromatic N) is 1. The van der Waals surface area contributed by atoms with Crippen LogP contribution >= 0.6 is 0 Å². The van der Waals surface area contributed by atoms with E-state index in [1.807, 2.05) is 0 Å². The van der Waals surface area contributed by atoms with Gasteiger partial charge in [0.1, 0.15) is 11.8 Å². The highest BCUT2D eigenvalue weighted by atomic mass is 19.4. The normalized spacial score (nSPS) is 11.5. The molecular formula is C9H9F3N2O3. The van der Waals surface area contributed by atoms with Crippen LogP contribution in [0, 0.1) is 0 Å². The minimum absolute atomic E-state index is 0.0581. The molecule has 0 spiro atoms. The topological polar surface area (TPSA) is 71.9 Å². The quantitative estimate of drug-likeness (QED) is 0.626. The molecule has 8 heteroatoms. The van der Waals surface area contributed by atoms with Gasteiger partial charge in [-0.25, -0.2) is 4.79 Å². The molecule has 0 radical (unpaired) electrons. The lowest BCUT2D eigenvalue weighted by atomic mass is 10.3. The van der Waals surface area contributed by atoms with Gasteiger partial charge in [-0.15, -0.1) is 0 Å². The molecule has 94 valence electrons. The van der Waals surface area contributed by atoms with Crippen LogP contribution < -0.4 is 11.2 Å². The van der Waals surface area contributed by atoms with E-state index in [0.717, 1.165) is 4.57 Å². The molecule has 0 saturated carbocycles. The van der Waals surface area contributed by atoms with Crippen LogP contribution in [0.15, 0.2) is 15.8 Å². The molecule has 0 aliphatic carbocycles. The molecule has 0 unspecified atom stereocenters. The molecule has 0 aliphatic heterocycles. The first kappa shape index (κ1) is 13.2. The summed E-state index contributed by atoms with van der Waals surface area (Å²) in [6.07, 6.45) is -3.39. The maximum Gasteiger partial charge on any atom is 0.423 e. The fraction of sp³-hybridized carbons (Fsp3) is 0.444. The van der Waals surface area contributed by atoms with Crippen molar-refractivity contribution in [2.45, 2.75) is 25.6 Å². The second kappa shape index (κ2) is 4.98. The highest BCUT2D eigenvalue weighted by Crippen LogP contribution is 2.25. The van der Waals surface area contributed by atoms with E-state index in [-0.39, 0.29) is 19.4 Å². The minimum Gasteiger partial charge on any atom is -0.303 e. The molecule has 0 saturated heterocycles. The lowest BCUT2D eigenvalue weighted by Gasteiger charge is -2.08. The van der Waals surface area contributed by atoms with Crippen LogP contribution in [0.25, 0.3) is 0 Å². The van der Waals surface area contributed by atoms with Gasteiger partial charge in [0.05, 0.1) is 0 Å². The Morgan fingerprint density at radius 3 is 2.53 bits per heavy atom. The molecule has 1 aromatic rings. The Hall–Kier alpha value is -1.86. The lowest BCUT2D eigenvalue weighted by Crippen LogP contribution is -2.34. The Morgan fingerprint density at radius 2 is 2.00 bits per heavy atom. The van der Waals surface area contributed by atoms with Crippen LogP contribution in [-0.2, 0) is 17.5 Å². The third kappa shape index (κ3) is 3.30. The smallest absolute Gasteiger partial charge is 0.303 e. The summed E-state index contributed by atoms with van der Waals surface area (Å²) in [4.78, 5) is 33.7. The van der Waals surface area contributed by atoms with E-state index >= 15 is 0 Å². The molecule has 0 fully saturated rings. The second-order valence-electron chi connectivity index (χ2n) is 3.30. The van der Waals surface area contributed by atoms with Gasteiger partial charge in [-0.3, -0.25) is 14.3 Å². The van der Waals surface area contributed by atoms with Crippen LogP contribution in [-0.4, -0.2) is 15.8 Å². The Labute approximate surface area is 92.9 Å². The second-order valence-corrected chi connectivity index (χ2v) is 3.30. The minimum atomic E-state index is -4.81. The Morgan fingerprint density at radius 1 is 1.35 bits per heavy atom. The lowest BCUT2D eigenvalue weighted by molar-refractivity contribution is -0.139.